The second-order valence-corrected chi connectivity index (χ2v) is 6.27. The number of rotatable bonds is 7. The van der Waals surface area contributed by atoms with E-state index >= 15 is 0 Å². The first kappa shape index (κ1) is 18.3. The first-order chi connectivity index (χ1) is 13.0. The number of carbonyl (C=O) groups excluding carboxylic acids is 2. The quantitative estimate of drug-likeness (QED) is 0.667. The van der Waals surface area contributed by atoms with Gasteiger partial charge in [0.1, 0.15) is 5.54 Å². The van der Waals surface area contributed by atoms with E-state index in [1.807, 2.05) is 36.4 Å². The second-order valence-electron chi connectivity index (χ2n) is 6.27. The van der Waals surface area contributed by atoms with Crippen molar-refractivity contribution in [1.82, 2.24) is 15.5 Å². The zero-order chi connectivity index (χ0) is 19.3. The lowest BCUT2D eigenvalue weighted by Crippen LogP contribution is -2.52. The molecule has 1 unspecified atom stereocenters. The number of hydrogen-bond acceptors (Lipinski definition) is 5. The Morgan fingerprint density at radius 2 is 1.67 bits per heavy atom. The number of benzene rings is 2. The molecule has 138 valence electrons. The number of nitrogens with zero attached hydrogens (tertiary/aromatic N) is 2. The minimum atomic E-state index is -1.29. The van der Waals surface area contributed by atoms with Gasteiger partial charge in [0.05, 0.1) is 0 Å². The molecule has 0 saturated carbocycles. The van der Waals surface area contributed by atoms with Crippen LogP contribution in [-0.2, 0) is 21.5 Å². The summed E-state index contributed by atoms with van der Waals surface area (Å²) in [5.41, 5.74) is 5.67. The zero-order valence-corrected chi connectivity index (χ0v) is 14.9. The molecule has 0 bridgehead atoms. The largest absolute Gasteiger partial charge is 0.421 e. The molecule has 1 heterocycles. The molecule has 0 fully saturated rings. The fourth-order valence-corrected chi connectivity index (χ4v) is 2.66. The lowest BCUT2D eigenvalue weighted by Gasteiger charge is -2.28. The highest BCUT2D eigenvalue weighted by Crippen LogP contribution is 2.21. The van der Waals surface area contributed by atoms with E-state index < -0.39 is 11.4 Å². The van der Waals surface area contributed by atoms with Crippen molar-refractivity contribution in [1.29, 1.82) is 0 Å². The molecule has 2 aromatic carbocycles. The van der Waals surface area contributed by atoms with E-state index in [0.717, 1.165) is 5.56 Å². The number of nitrogens with two attached hydrogens (primary N) is 1. The summed E-state index contributed by atoms with van der Waals surface area (Å²) in [4.78, 5) is 24.3. The van der Waals surface area contributed by atoms with Gasteiger partial charge in [-0.3, -0.25) is 9.59 Å². The molecule has 0 aliphatic rings. The van der Waals surface area contributed by atoms with Gasteiger partial charge in [0.15, 0.2) is 0 Å². The number of amides is 2. The summed E-state index contributed by atoms with van der Waals surface area (Å²) < 4.78 is 5.59. The monoisotopic (exact) mass is 364 g/mol. The van der Waals surface area contributed by atoms with E-state index in [1.165, 1.54) is 0 Å². The summed E-state index contributed by atoms with van der Waals surface area (Å²) in [6.45, 7) is 1.59. The van der Waals surface area contributed by atoms with Crippen LogP contribution in [0.5, 0.6) is 0 Å². The Labute approximate surface area is 156 Å². The first-order valence-electron chi connectivity index (χ1n) is 8.53. The van der Waals surface area contributed by atoms with Crippen LogP contribution in [-0.4, -0.2) is 22.0 Å². The van der Waals surface area contributed by atoms with Gasteiger partial charge in [0.2, 0.25) is 23.6 Å². The third-order valence-electron chi connectivity index (χ3n) is 4.29. The zero-order valence-electron chi connectivity index (χ0n) is 14.9. The molecule has 0 saturated heterocycles. The Kier molecular flexibility index (Phi) is 5.30. The van der Waals surface area contributed by atoms with Crippen molar-refractivity contribution in [2.75, 3.05) is 0 Å². The summed E-state index contributed by atoms with van der Waals surface area (Å²) in [5, 5.41) is 10.7. The number of aryl methyl sites for hydroxylation is 1. The SMILES string of the molecule is CC(NC(=O)CCc1nnc(-c2ccccc2)o1)(C(N)=O)c1ccccc1. The van der Waals surface area contributed by atoms with Gasteiger partial charge in [-0.2, -0.15) is 0 Å². The van der Waals surface area contributed by atoms with Crippen molar-refractivity contribution < 1.29 is 14.0 Å². The average Bonchev–Trinajstić information content (AvgIpc) is 3.17. The van der Waals surface area contributed by atoms with Crippen LogP contribution in [0.2, 0.25) is 0 Å². The van der Waals surface area contributed by atoms with E-state index in [1.54, 1.807) is 31.2 Å². The van der Waals surface area contributed by atoms with Crippen LogP contribution >= 0.6 is 0 Å². The predicted octanol–water partition coefficient (Wildman–Crippen LogP) is 2.19. The van der Waals surface area contributed by atoms with E-state index in [2.05, 4.69) is 15.5 Å². The molecular formula is C20H20N4O3. The number of carbonyl (C=O) groups is 2. The standard InChI is InChI=1S/C20H20N4O3/c1-20(19(21)26,15-10-6-3-7-11-15)22-16(25)12-13-17-23-24-18(27-17)14-8-4-2-5-9-14/h2-11H,12-13H2,1H3,(H2,21,26)(H,22,25). The fraction of sp³-hybridized carbons (Fsp3) is 0.200. The molecule has 2 amide bonds. The van der Waals surface area contributed by atoms with Gasteiger partial charge < -0.3 is 15.5 Å². The number of primary amides is 1. The maximum atomic E-state index is 12.4. The van der Waals surface area contributed by atoms with Crippen molar-refractivity contribution >= 4 is 11.8 Å². The van der Waals surface area contributed by atoms with Crippen LogP contribution in [0, 0.1) is 0 Å². The highest BCUT2D eigenvalue weighted by molar-refractivity contribution is 5.91. The van der Waals surface area contributed by atoms with E-state index in [9.17, 15) is 9.59 Å². The molecule has 0 radical (unpaired) electrons. The minimum absolute atomic E-state index is 0.0894. The van der Waals surface area contributed by atoms with Gasteiger partial charge in [0.25, 0.3) is 0 Å². The fourth-order valence-electron chi connectivity index (χ4n) is 2.66. The number of hydrogen-bond donors (Lipinski definition) is 2. The van der Waals surface area contributed by atoms with E-state index in [0.29, 0.717) is 17.3 Å². The lowest BCUT2D eigenvalue weighted by molar-refractivity contribution is -0.131. The van der Waals surface area contributed by atoms with Crippen molar-refractivity contribution in [2.45, 2.75) is 25.3 Å². The van der Waals surface area contributed by atoms with Crippen molar-refractivity contribution in [2.24, 2.45) is 5.73 Å². The molecule has 3 rings (SSSR count). The summed E-state index contributed by atoms with van der Waals surface area (Å²) in [6.07, 6.45) is 0.349. The summed E-state index contributed by atoms with van der Waals surface area (Å²) in [7, 11) is 0. The van der Waals surface area contributed by atoms with Crippen LogP contribution in [0.1, 0.15) is 24.8 Å². The average molecular weight is 364 g/mol. The summed E-state index contributed by atoms with van der Waals surface area (Å²) in [5.74, 6) is -0.215. The summed E-state index contributed by atoms with van der Waals surface area (Å²) >= 11 is 0. The Balaban J connectivity index is 1.64. The first-order valence-corrected chi connectivity index (χ1v) is 8.53. The lowest BCUT2D eigenvalue weighted by atomic mass is 9.91. The van der Waals surface area contributed by atoms with Gasteiger partial charge in [-0.1, -0.05) is 48.5 Å². The Hall–Kier alpha value is -3.48. The predicted molar refractivity (Wildman–Crippen MR) is 99.2 cm³/mol. The molecule has 0 aliphatic carbocycles. The van der Waals surface area contributed by atoms with Gasteiger partial charge in [-0.05, 0) is 24.6 Å². The van der Waals surface area contributed by atoms with Crippen molar-refractivity contribution in [3.8, 4) is 11.5 Å². The van der Waals surface area contributed by atoms with Gasteiger partial charge in [0, 0.05) is 18.4 Å². The maximum Gasteiger partial charge on any atom is 0.247 e. The molecule has 7 nitrogen and oxygen atoms in total. The third-order valence-corrected chi connectivity index (χ3v) is 4.29. The highest BCUT2D eigenvalue weighted by atomic mass is 16.4. The highest BCUT2D eigenvalue weighted by Gasteiger charge is 2.34. The van der Waals surface area contributed by atoms with Crippen LogP contribution in [0.3, 0.4) is 0 Å². The topological polar surface area (TPSA) is 111 Å². The minimum Gasteiger partial charge on any atom is -0.421 e. The van der Waals surface area contributed by atoms with Gasteiger partial charge >= 0.3 is 0 Å². The van der Waals surface area contributed by atoms with E-state index in [4.69, 9.17) is 10.2 Å². The Morgan fingerprint density at radius 3 is 2.30 bits per heavy atom. The third kappa shape index (κ3) is 4.20. The molecular weight excluding hydrogens is 344 g/mol. The van der Waals surface area contributed by atoms with Crippen molar-refractivity contribution in [3.05, 3.63) is 72.1 Å². The van der Waals surface area contributed by atoms with Crippen LogP contribution < -0.4 is 11.1 Å². The van der Waals surface area contributed by atoms with E-state index in [-0.39, 0.29) is 18.7 Å². The smallest absolute Gasteiger partial charge is 0.247 e. The molecule has 0 spiro atoms. The Bertz CT molecular complexity index is 925. The number of nitrogens with one attached hydrogen (secondary N) is 1. The summed E-state index contributed by atoms with van der Waals surface area (Å²) in [6, 6.07) is 18.3. The number of aromatic nitrogens is 2. The molecule has 0 aliphatic heterocycles. The second kappa shape index (κ2) is 7.82. The maximum absolute atomic E-state index is 12.4. The molecule has 3 aromatic rings. The van der Waals surface area contributed by atoms with Crippen LogP contribution in [0.4, 0.5) is 0 Å². The van der Waals surface area contributed by atoms with Crippen LogP contribution in [0.15, 0.2) is 65.1 Å². The molecule has 1 atom stereocenters. The van der Waals surface area contributed by atoms with Gasteiger partial charge in [-0.25, -0.2) is 0 Å². The molecule has 27 heavy (non-hydrogen) atoms. The molecule has 1 aromatic heterocycles. The van der Waals surface area contributed by atoms with Crippen LogP contribution in [0.25, 0.3) is 11.5 Å². The van der Waals surface area contributed by atoms with Crippen molar-refractivity contribution in [3.63, 3.8) is 0 Å². The van der Waals surface area contributed by atoms with Gasteiger partial charge in [-0.15, -0.1) is 10.2 Å². The molecule has 7 heteroatoms. The normalized spacial score (nSPS) is 12.9. The Morgan fingerprint density at radius 1 is 1.04 bits per heavy atom. The molecule has 3 N–H and O–H groups in total.